The van der Waals surface area contributed by atoms with E-state index in [9.17, 15) is 4.79 Å². The standard InChI is InChI=1S/C10H15BrN2OS/c1-7(2)12-10(14)13(3)5-9-4-8(11)6-15-9/h4,6-7H,5H2,1-3H3,(H,12,14). The first kappa shape index (κ1) is 12.5. The molecule has 0 aliphatic carbocycles. The highest BCUT2D eigenvalue weighted by Gasteiger charge is 2.10. The van der Waals surface area contributed by atoms with Gasteiger partial charge in [0.2, 0.25) is 0 Å². The molecule has 0 spiro atoms. The Bertz CT molecular complexity index is 338. The summed E-state index contributed by atoms with van der Waals surface area (Å²) in [6.07, 6.45) is 0. The highest BCUT2D eigenvalue weighted by atomic mass is 79.9. The Labute approximate surface area is 103 Å². The summed E-state index contributed by atoms with van der Waals surface area (Å²) >= 11 is 5.04. The molecule has 0 aliphatic heterocycles. The number of carbonyl (C=O) groups is 1. The van der Waals surface area contributed by atoms with Gasteiger partial charge < -0.3 is 10.2 Å². The lowest BCUT2D eigenvalue weighted by Crippen LogP contribution is -2.40. The molecule has 2 amide bonds. The summed E-state index contributed by atoms with van der Waals surface area (Å²) in [7, 11) is 1.80. The molecule has 5 heteroatoms. The minimum atomic E-state index is -0.0328. The van der Waals surface area contributed by atoms with Crippen LogP contribution in [0.5, 0.6) is 0 Å². The Morgan fingerprint density at radius 3 is 2.80 bits per heavy atom. The smallest absolute Gasteiger partial charge is 0.317 e. The van der Waals surface area contributed by atoms with Gasteiger partial charge in [0.05, 0.1) is 6.54 Å². The van der Waals surface area contributed by atoms with Crippen LogP contribution in [-0.4, -0.2) is 24.0 Å². The van der Waals surface area contributed by atoms with E-state index in [-0.39, 0.29) is 12.1 Å². The van der Waals surface area contributed by atoms with E-state index in [2.05, 4.69) is 21.2 Å². The molecule has 15 heavy (non-hydrogen) atoms. The number of carbonyl (C=O) groups excluding carboxylic acids is 1. The van der Waals surface area contributed by atoms with Gasteiger partial charge in [0.15, 0.2) is 0 Å². The average Bonchev–Trinajstić information content (AvgIpc) is 2.50. The molecule has 0 unspecified atom stereocenters. The van der Waals surface area contributed by atoms with Crippen molar-refractivity contribution in [3.63, 3.8) is 0 Å². The van der Waals surface area contributed by atoms with Crippen LogP contribution in [0.3, 0.4) is 0 Å². The molecular formula is C10H15BrN2OS. The lowest BCUT2D eigenvalue weighted by atomic mass is 10.4. The molecule has 0 radical (unpaired) electrons. The van der Waals surface area contributed by atoms with E-state index in [0.717, 1.165) is 4.47 Å². The van der Waals surface area contributed by atoms with E-state index in [1.165, 1.54) is 4.88 Å². The van der Waals surface area contributed by atoms with E-state index >= 15 is 0 Å². The number of amides is 2. The van der Waals surface area contributed by atoms with E-state index in [1.54, 1.807) is 23.3 Å². The first-order chi connectivity index (χ1) is 6.99. The Morgan fingerprint density at radius 2 is 2.33 bits per heavy atom. The molecule has 0 aromatic carbocycles. The molecule has 1 N–H and O–H groups in total. The quantitative estimate of drug-likeness (QED) is 0.912. The zero-order valence-electron chi connectivity index (χ0n) is 9.08. The van der Waals surface area contributed by atoms with Crippen molar-refractivity contribution in [1.29, 1.82) is 0 Å². The minimum absolute atomic E-state index is 0.0328. The fourth-order valence-electron chi connectivity index (χ4n) is 1.10. The van der Waals surface area contributed by atoms with Crippen LogP contribution >= 0.6 is 27.3 Å². The monoisotopic (exact) mass is 290 g/mol. The SMILES string of the molecule is CC(C)NC(=O)N(C)Cc1cc(Br)cs1. The molecule has 0 saturated carbocycles. The van der Waals surface area contributed by atoms with Crippen LogP contribution in [-0.2, 0) is 6.54 Å². The van der Waals surface area contributed by atoms with Crippen molar-refractivity contribution in [3.05, 3.63) is 20.8 Å². The van der Waals surface area contributed by atoms with Crippen LogP contribution in [0.1, 0.15) is 18.7 Å². The van der Waals surface area contributed by atoms with Crippen LogP contribution in [0, 0.1) is 0 Å². The molecule has 0 saturated heterocycles. The topological polar surface area (TPSA) is 32.3 Å². The number of rotatable bonds is 3. The highest BCUT2D eigenvalue weighted by Crippen LogP contribution is 2.20. The van der Waals surface area contributed by atoms with E-state index in [4.69, 9.17) is 0 Å². The molecule has 0 aliphatic rings. The second-order valence-electron chi connectivity index (χ2n) is 3.69. The van der Waals surface area contributed by atoms with Crippen molar-refractivity contribution < 1.29 is 4.79 Å². The zero-order valence-corrected chi connectivity index (χ0v) is 11.5. The van der Waals surface area contributed by atoms with Crippen molar-refractivity contribution in [3.8, 4) is 0 Å². The number of nitrogens with zero attached hydrogens (tertiary/aromatic N) is 1. The maximum absolute atomic E-state index is 11.6. The van der Waals surface area contributed by atoms with Crippen LogP contribution in [0.15, 0.2) is 15.9 Å². The number of halogens is 1. The number of urea groups is 1. The predicted octanol–water partition coefficient (Wildman–Crippen LogP) is 3.06. The van der Waals surface area contributed by atoms with Gasteiger partial charge in [-0.25, -0.2) is 4.79 Å². The molecule has 1 aromatic rings. The minimum Gasteiger partial charge on any atom is -0.336 e. The van der Waals surface area contributed by atoms with Crippen molar-refractivity contribution in [1.82, 2.24) is 10.2 Å². The third kappa shape index (κ3) is 4.22. The van der Waals surface area contributed by atoms with Crippen molar-refractivity contribution in [2.45, 2.75) is 26.4 Å². The van der Waals surface area contributed by atoms with Crippen LogP contribution in [0.4, 0.5) is 4.79 Å². The highest BCUT2D eigenvalue weighted by molar-refractivity contribution is 9.10. The second-order valence-corrected chi connectivity index (χ2v) is 5.60. The number of thiophene rings is 1. The van der Waals surface area contributed by atoms with Crippen LogP contribution < -0.4 is 5.32 Å². The Hall–Kier alpha value is -0.550. The van der Waals surface area contributed by atoms with Gasteiger partial charge in [-0.15, -0.1) is 11.3 Å². The Kier molecular flexibility index (Phi) is 4.60. The first-order valence-electron chi connectivity index (χ1n) is 4.73. The van der Waals surface area contributed by atoms with Crippen LogP contribution in [0.25, 0.3) is 0 Å². The average molecular weight is 291 g/mol. The summed E-state index contributed by atoms with van der Waals surface area (Å²) in [6, 6.07) is 2.17. The van der Waals surface area contributed by atoms with Gasteiger partial charge in [-0.2, -0.15) is 0 Å². The normalized spacial score (nSPS) is 10.5. The van der Waals surface area contributed by atoms with Crippen molar-refractivity contribution >= 4 is 33.3 Å². The summed E-state index contributed by atoms with van der Waals surface area (Å²) in [5.74, 6) is 0. The third-order valence-electron chi connectivity index (χ3n) is 1.77. The summed E-state index contributed by atoms with van der Waals surface area (Å²) in [6.45, 7) is 4.55. The fourth-order valence-corrected chi connectivity index (χ4v) is 2.60. The molecule has 3 nitrogen and oxygen atoms in total. The van der Waals surface area contributed by atoms with Crippen molar-refractivity contribution in [2.24, 2.45) is 0 Å². The summed E-state index contributed by atoms with van der Waals surface area (Å²) in [5, 5.41) is 4.87. The second kappa shape index (κ2) is 5.51. The molecule has 0 fully saturated rings. The predicted molar refractivity (Wildman–Crippen MR) is 67.2 cm³/mol. The largest absolute Gasteiger partial charge is 0.336 e. The van der Waals surface area contributed by atoms with Gasteiger partial charge >= 0.3 is 6.03 Å². The first-order valence-corrected chi connectivity index (χ1v) is 6.41. The number of hydrogen-bond acceptors (Lipinski definition) is 2. The van der Waals surface area contributed by atoms with E-state index < -0.39 is 0 Å². The third-order valence-corrected chi connectivity index (χ3v) is 3.46. The maximum Gasteiger partial charge on any atom is 0.317 e. The van der Waals surface area contributed by atoms with Gasteiger partial charge in [0.25, 0.3) is 0 Å². The molecule has 84 valence electrons. The molecule has 0 atom stereocenters. The lowest BCUT2D eigenvalue weighted by Gasteiger charge is -2.18. The van der Waals surface area contributed by atoms with Gasteiger partial charge in [0.1, 0.15) is 0 Å². The molecule has 1 heterocycles. The summed E-state index contributed by atoms with van der Waals surface area (Å²) in [5.41, 5.74) is 0. The van der Waals surface area contributed by atoms with Gasteiger partial charge in [0, 0.05) is 27.8 Å². The van der Waals surface area contributed by atoms with Gasteiger partial charge in [-0.05, 0) is 35.8 Å². The maximum atomic E-state index is 11.6. The van der Waals surface area contributed by atoms with Gasteiger partial charge in [-0.3, -0.25) is 0 Å². The number of nitrogens with one attached hydrogen (secondary N) is 1. The van der Waals surface area contributed by atoms with E-state index in [1.807, 2.05) is 25.3 Å². The summed E-state index contributed by atoms with van der Waals surface area (Å²) in [4.78, 5) is 14.4. The molecule has 1 rings (SSSR count). The fraction of sp³-hybridized carbons (Fsp3) is 0.500. The number of hydrogen-bond donors (Lipinski definition) is 1. The Balaban J connectivity index is 2.48. The van der Waals surface area contributed by atoms with Gasteiger partial charge in [-0.1, -0.05) is 0 Å². The van der Waals surface area contributed by atoms with Crippen LogP contribution in [0.2, 0.25) is 0 Å². The zero-order chi connectivity index (χ0) is 11.4. The Morgan fingerprint density at radius 1 is 1.67 bits per heavy atom. The molecule has 1 aromatic heterocycles. The lowest BCUT2D eigenvalue weighted by molar-refractivity contribution is 0.204. The summed E-state index contributed by atoms with van der Waals surface area (Å²) < 4.78 is 1.07. The molecular weight excluding hydrogens is 276 g/mol. The van der Waals surface area contributed by atoms with Crippen molar-refractivity contribution in [2.75, 3.05) is 7.05 Å². The molecule has 0 bridgehead atoms. The van der Waals surface area contributed by atoms with E-state index in [0.29, 0.717) is 6.54 Å².